The minimum absolute atomic E-state index is 0.184. The summed E-state index contributed by atoms with van der Waals surface area (Å²) in [4.78, 5) is 0. The molecule has 27 heavy (non-hydrogen) atoms. The van der Waals surface area contributed by atoms with E-state index < -0.39 is 18.4 Å². The zero-order valence-corrected chi connectivity index (χ0v) is 22.2. The van der Waals surface area contributed by atoms with Gasteiger partial charge in [-0.05, 0) is 0 Å². The van der Waals surface area contributed by atoms with E-state index in [1.165, 1.54) is 77.5 Å². The molecule has 0 fully saturated rings. The molecule has 0 spiro atoms. The fourth-order valence-corrected chi connectivity index (χ4v) is 22.0. The first-order valence-electron chi connectivity index (χ1n) is 12.1. The molecule has 0 aromatic heterocycles. The van der Waals surface area contributed by atoms with E-state index in [1.807, 2.05) is 0 Å². The van der Waals surface area contributed by atoms with Crippen molar-refractivity contribution in [3.05, 3.63) is 21.8 Å². The van der Waals surface area contributed by atoms with Gasteiger partial charge in [-0.1, -0.05) is 0 Å². The van der Waals surface area contributed by atoms with E-state index in [2.05, 4.69) is 52.8 Å². The van der Waals surface area contributed by atoms with Crippen molar-refractivity contribution in [1.29, 1.82) is 0 Å². The van der Waals surface area contributed by atoms with Crippen molar-refractivity contribution >= 4 is 18.4 Å². The molecule has 0 saturated carbocycles. The monoisotopic (exact) mass is 486 g/mol. The first-order valence-corrected chi connectivity index (χ1v) is 19.6. The van der Waals surface area contributed by atoms with Crippen LogP contribution in [0.1, 0.15) is 112 Å². The standard InChI is InChI=1S/C13H23O.3C4H9.Sn/c1-3-5-6-7-8-9-10-12-13(14)11-4-2;3*1-3-4-2;/h4,8-9,13-14H,3,5-7,10,12H2,1-2H3;3*1,3-4H2,2H3;/b9-8-,11-4?;;;;. The van der Waals surface area contributed by atoms with Gasteiger partial charge in [0.1, 0.15) is 0 Å². The van der Waals surface area contributed by atoms with E-state index in [0.29, 0.717) is 0 Å². The van der Waals surface area contributed by atoms with Crippen molar-refractivity contribution < 1.29 is 5.11 Å². The number of aliphatic hydroxyl groups is 1. The molecule has 0 amide bonds. The van der Waals surface area contributed by atoms with E-state index in [1.54, 1.807) is 3.59 Å². The van der Waals surface area contributed by atoms with Crippen LogP contribution >= 0.6 is 0 Å². The SMILES string of the molecule is C/C=[C](\C(O)CC/C=C\CCCCC)[Sn]([CH2]CCC)([CH2]CCC)[CH2]CCC. The van der Waals surface area contributed by atoms with E-state index in [4.69, 9.17) is 0 Å². The molecule has 0 aliphatic rings. The van der Waals surface area contributed by atoms with Crippen molar-refractivity contribution in [3.63, 3.8) is 0 Å². The molecule has 1 nitrogen and oxygen atoms in total. The summed E-state index contributed by atoms with van der Waals surface area (Å²) in [6, 6.07) is 0. The van der Waals surface area contributed by atoms with Crippen molar-refractivity contribution in [1.82, 2.24) is 0 Å². The summed E-state index contributed by atoms with van der Waals surface area (Å²) >= 11 is -2.46. The van der Waals surface area contributed by atoms with E-state index in [0.717, 1.165) is 12.8 Å². The van der Waals surface area contributed by atoms with Crippen LogP contribution in [0.25, 0.3) is 0 Å². The van der Waals surface area contributed by atoms with Crippen LogP contribution in [-0.2, 0) is 0 Å². The molecule has 0 radical (unpaired) electrons. The molecule has 1 unspecified atom stereocenters. The fourth-order valence-electron chi connectivity index (χ4n) is 4.36. The second-order valence-electron chi connectivity index (χ2n) is 8.40. The third-order valence-electron chi connectivity index (χ3n) is 6.06. The van der Waals surface area contributed by atoms with Gasteiger partial charge in [0.05, 0.1) is 0 Å². The molecule has 0 saturated heterocycles. The Bertz CT molecular complexity index is 364. The predicted octanol–water partition coefficient (Wildman–Crippen LogP) is 8.60. The summed E-state index contributed by atoms with van der Waals surface area (Å²) in [6.45, 7) is 11.4. The average molecular weight is 485 g/mol. The second kappa shape index (κ2) is 18.3. The van der Waals surface area contributed by atoms with Gasteiger partial charge in [0.2, 0.25) is 0 Å². The van der Waals surface area contributed by atoms with Gasteiger partial charge in [-0.15, -0.1) is 0 Å². The Hall–Kier alpha value is 0.239. The summed E-state index contributed by atoms with van der Waals surface area (Å²) in [6.07, 6.45) is 21.9. The zero-order valence-electron chi connectivity index (χ0n) is 19.4. The Morgan fingerprint density at radius 3 is 1.67 bits per heavy atom. The topological polar surface area (TPSA) is 20.2 Å². The Balaban J connectivity index is 5.02. The van der Waals surface area contributed by atoms with Crippen LogP contribution in [0.4, 0.5) is 0 Å². The summed E-state index contributed by atoms with van der Waals surface area (Å²) in [5.74, 6) is 0. The maximum absolute atomic E-state index is 11.1. The summed E-state index contributed by atoms with van der Waals surface area (Å²) in [5, 5.41) is 11.1. The molecule has 2 heteroatoms. The first kappa shape index (κ1) is 27.2. The van der Waals surface area contributed by atoms with Gasteiger partial charge in [-0.3, -0.25) is 0 Å². The molecule has 0 aromatic carbocycles. The maximum atomic E-state index is 11.1. The predicted molar refractivity (Wildman–Crippen MR) is 127 cm³/mol. The molecule has 0 aromatic rings. The minimum atomic E-state index is -2.46. The van der Waals surface area contributed by atoms with Crippen molar-refractivity contribution in [2.75, 3.05) is 0 Å². The van der Waals surface area contributed by atoms with Crippen molar-refractivity contribution in [3.8, 4) is 0 Å². The van der Waals surface area contributed by atoms with Crippen molar-refractivity contribution in [2.45, 2.75) is 131 Å². The molecule has 1 atom stereocenters. The quantitative estimate of drug-likeness (QED) is 0.117. The third-order valence-corrected chi connectivity index (χ3v) is 22.5. The Morgan fingerprint density at radius 2 is 1.22 bits per heavy atom. The zero-order chi connectivity index (χ0) is 20.4. The van der Waals surface area contributed by atoms with E-state index in [-0.39, 0.29) is 6.10 Å². The van der Waals surface area contributed by atoms with Gasteiger partial charge < -0.3 is 0 Å². The van der Waals surface area contributed by atoms with Gasteiger partial charge in [0, 0.05) is 0 Å². The van der Waals surface area contributed by atoms with Crippen LogP contribution in [0.5, 0.6) is 0 Å². The van der Waals surface area contributed by atoms with E-state index >= 15 is 0 Å². The van der Waals surface area contributed by atoms with Crippen LogP contribution in [0, 0.1) is 0 Å². The molecule has 0 heterocycles. The summed E-state index contributed by atoms with van der Waals surface area (Å²) < 4.78 is 5.91. The molecular formula is C25H50OSn. The number of hydrogen-bond donors (Lipinski definition) is 1. The summed E-state index contributed by atoms with van der Waals surface area (Å²) in [5.41, 5.74) is 0. The van der Waals surface area contributed by atoms with Crippen molar-refractivity contribution in [2.24, 2.45) is 0 Å². The average Bonchev–Trinajstić information content (AvgIpc) is 2.68. The van der Waals surface area contributed by atoms with Crippen LogP contribution in [-0.4, -0.2) is 29.6 Å². The van der Waals surface area contributed by atoms with Crippen LogP contribution in [0.15, 0.2) is 21.8 Å². The number of aliphatic hydroxyl groups excluding tert-OH is 1. The molecule has 0 rings (SSSR count). The number of rotatable bonds is 18. The molecule has 0 bridgehead atoms. The first-order chi connectivity index (χ1) is 13.1. The van der Waals surface area contributed by atoms with Gasteiger partial charge in [-0.2, -0.15) is 0 Å². The Kier molecular flexibility index (Phi) is 18.4. The molecule has 0 aliphatic heterocycles. The molecular weight excluding hydrogens is 435 g/mol. The van der Waals surface area contributed by atoms with E-state index in [9.17, 15) is 5.11 Å². The Morgan fingerprint density at radius 1 is 0.741 bits per heavy atom. The molecule has 0 aliphatic carbocycles. The normalized spacial score (nSPS) is 14.2. The van der Waals surface area contributed by atoms with Crippen LogP contribution in [0.2, 0.25) is 13.3 Å². The number of hydrogen-bond acceptors (Lipinski definition) is 1. The number of allylic oxidation sites excluding steroid dienone is 3. The Labute approximate surface area is 176 Å². The summed E-state index contributed by atoms with van der Waals surface area (Å²) in [7, 11) is 0. The number of unbranched alkanes of at least 4 members (excludes halogenated alkanes) is 6. The van der Waals surface area contributed by atoms with Crippen LogP contribution < -0.4 is 0 Å². The van der Waals surface area contributed by atoms with Crippen LogP contribution in [0.3, 0.4) is 0 Å². The molecule has 160 valence electrons. The second-order valence-corrected chi connectivity index (χ2v) is 21.6. The third kappa shape index (κ3) is 11.7. The fraction of sp³-hybridized carbons (Fsp3) is 0.840. The van der Waals surface area contributed by atoms with Gasteiger partial charge in [0.25, 0.3) is 0 Å². The van der Waals surface area contributed by atoms with Gasteiger partial charge in [0.15, 0.2) is 0 Å². The van der Waals surface area contributed by atoms with Gasteiger partial charge in [-0.25, -0.2) is 0 Å². The van der Waals surface area contributed by atoms with Gasteiger partial charge >= 0.3 is 176 Å². The molecule has 1 N–H and O–H groups in total.